The zero-order chi connectivity index (χ0) is 20.9. The van der Waals surface area contributed by atoms with Crippen molar-refractivity contribution in [2.45, 2.75) is 56.8 Å². The van der Waals surface area contributed by atoms with E-state index in [9.17, 15) is 22.8 Å². The normalized spacial score (nSPS) is 21.6. The van der Waals surface area contributed by atoms with Crippen LogP contribution in [0.25, 0.3) is 0 Å². The largest absolute Gasteiger partial charge is 0.491 e. The minimum absolute atomic E-state index is 0.0141. The molecule has 0 bridgehead atoms. The van der Waals surface area contributed by atoms with Gasteiger partial charge in [-0.3, -0.25) is 15.9 Å². The first-order valence-corrected chi connectivity index (χ1v) is 9.50. The van der Waals surface area contributed by atoms with Crippen LogP contribution in [0.3, 0.4) is 0 Å². The lowest BCUT2D eigenvalue weighted by Crippen LogP contribution is -2.63. The molecule has 2 aliphatic rings. The summed E-state index contributed by atoms with van der Waals surface area (Å²) in [5, 5.41) is 9.99. The predicted molar refractivity (Wildman–Crippen MR) is 94.9 cm³/mol. The van der Waals surface area contributed by atoms with Gasteiger partial charge in [0.25, 0.3) is 5.91 Å². The molecule has 1 heterocycles. The van der Waals surface area contributed by atoms with Crippen LogP contribution in [0.5, 0.6) is 0 Å². The van der Waals surface area contributed by atoms with Crippen LogP contribution in [-0.4, -0.2) is 54.3 Å². The molecular formula is C17H28F3N5O3. The quantitative estimate of drug-likeness (QED) is 0.233. The lowest BCUT2D eigenvalue weighted by atomic mass is 9.81. The molecule has 160 valence electrons. The van der Waals surface area contributed by atoms with Gasteiger partial charge in [-0.05, 0) is 31.6 Å². The topological polar surface area (TPSA) is 135 Å². The molecule has 0 aromatic rings. The average molecular weight is 407 g/mol. The molecule has 0 aromatic heterocycles. The molecule has 1 amide bonds. The van der Waals surface area contributed by atoms with Crippen LogP contribution in [0.4, 0.5) is 13.2 Å². The number of likely N-dealkylation sites (tertiary alicyclic amines) is 1. The molecule has 1 aliphatic carbocycles. The second-order valence-corrected chi connectivity index (χ2v) is 7.54. The molecule has 2 fully saturated rings. The predicted octanol–water partition coefficient (Wildman–Crippen LogP) is 1.05. The number of rotatable bonds is 5. The smallest absolute Gasteiger partial charge is 0.427 e. The number of alkyl halides is 3. The third-order valence-electron chi connectivity index (χ3n) is 5.57. The Morgan fingerprint density at radius 3 is 2.18 bits per heavy atom. The molecule has 8 nitrogen and oxygen atoms in total. The Kier molecular flexibility index (Phi) is 7.13. The number of hydrogen-bond acceptors (Lipinski definition) is 5. The zero-order valence-electron chi connectivity index (χ0n) is 15.7. The minimum Gasteiger partial charge on any atom is -0.427 e. The summed E-state index contributed by atoms with van der Waals surface area (Å²) < 4.78 is 42.6. The van der Waals surface area contributed by atoms with E-state index in [2.05, 4.69) is 10.1 Å². The lowest BCUT2D eigenvalue weighted by molar-refractivity contribution is -0.219. The fourth-order valence-electron chi connectivity index (χ4n) is 3.81. The molecule has 2 rings (SSSR count). The van der Waals surface area contributed by atoms with Gasteiger partial charge in [0.15, 0.2) is 5.96 Å². The average Bonchev–Trinajstić information content (AvgIpc) is 2.66. The first kappa shape index (κ1) is 22.3. The van der Waals surface area contributed by atoms with Crippen LogP contribution < -0.4 is 16.8 Å². The summed E-state index contributed by atoms with van der Waals surface area (Å²) in [5.74, 6) is -3.95. The van der Waals surface area contributed by atoms with Crippen molar-refractivity contribution in [3.8, 4) is 0 Å². The number of piperidine rings is 1. The first-order chi connectivity index (χ1) is 13.0. The van der Waals surface area contributed by atoms with E-state index in [1.165, 1.54) is 0 Å². The molecule has 1 saturated carbocycles. The monoisotopic (exact) mass is 407 g/mol. The van der Waals surface area contributed by atoms with Crippen molar-refractivity contribution < 1.29 is 27.5 Å². The molecule has 28 heavy (non-hydrogen) atoms. The molecule has 1 saturated heterocycles. The van der Waals surface area contributed by atoms with Crippen LogP contribution in [-0.2, 0) is 14.3 Å². The van der Waals surface area contributed by atoms with Crippen LogP contribution >= 0.6 is 0 Å². The van der Waals surface area contributed by atoms with Crippen LogP contribution in [0.15, 0.2) is 0 Å². The van der Waals surface area contributed by atoms with Crippen molar-refractivity contribution in [2.75, 3.05) is 19.6 Å². The van der Waals surface area contributed by atoms with Gasteiger partial charge in [0.05, 0.1) is 0 Å². The summed E-state index contributed by atoms with van der Waals surface area (Å²) in [6.07, 6.45) is -0.715. The Bertz CT molecular complexity index is 587. The number of nitrogens with two attached hydrogens (primary N) is 2. The van der Waals surface area contributed by atoms with E-state index in [-0.39, 0.29) is 18.4 Å². The van der Waals surface area contributed by atoms with Gasteiger partial charge >= 0.3 is 12.1 Å². The van der Waals surface area contributed by atoms with Crippen LogP contribution in [0.1, 0.15) is 44.9 Å². The molecule has 11 heteroatoms. The van der Waals surface area contributed by atoms with E-state index in [1.54, 1.807) is 4.90 Å². The SMILES string of the molecule is N=C(N)N1CCC(CNC(=O)[C@@](N)(OC(=O)C(F)(F)F)C2CCCCC2)CC1. The highest BCUT2D eigenvalue weighted by molar-refractivity contribution is 5.88. The Hall–Kier alpha value is -2.04. The Morgan fingerprint density at radius 1 is 1.11 bits per heavy atom. The third kappa shape index (κ3) is 5.49. The number of esters is 1. The van der Waals surface area contributed by atoms with E-state index in [0.29, 0.717) is 51.6 Å². The van der Waals surface area contributed by atoms with Gasteiger partial charge in [-0.15, -0.1) is 0 Å². The van der Waals surface area contributed by atoms with Crippen molar-refractivity contribution in [3.05, 3.63) is 0 Å². The van der Waals surface area contributed by atoms with Crippen LogP contribution in [0, 0.1) is 17.2 Å². The number of carbonyl (C=O) groups is 2. The number of hydrogen-bond donors (Lipinski definition) is 4. The maximum Gasteiger partial charge on any atom is 0.491 e. The van der Waals surface area contributed by atoms with Gasteiger partial charge in [-0.2, -0.15) is 13.2 Å². The number of nitrogens with one attached hydrogen (secondary N) is 2. The van der Waals surface area contributed by atoms with Gasteiger partial charge in [-0.1, -0.05) is 19.3 Å². The molecule has 6 N–H and O–H groups in total. The Morgan fingerprint density at radius 2 is 1.68 bits per heavy atom. The molecule has 0 aromatic carbocycles. The summed E-state index contributed by atoms with van der Waals surface area (Å²) in [7, 11) is 0. The minimum atomic E-state index is -5.22. The zero-order valence-corrected chi connectivity index (χ0v) is 15.7. The Balaban J connectivity index is 2.00. The molecule has 0 spiro atoms. The summed E-state index contributed by atoms with van der Waals surface area (Å²) >= 11 is 0. The van der Waals surface area contributed by atoms with E-state index < -0.39 is 29.7 Å². The van der Waals surface area contributed by atoms with Crippen molar-refractivity contribution in [1.82, 2.24) is 10.2 Å². The molecular weight excluding hydrogens is 379 g/mol. The number of ether oxygens (including phenoxy) is 1. The fourth-order valence-corrected chi connectivity index (χ4v) is 3.81. The first-order valence-electron chi connectivity index (χ1n) is 9.50. The number of amides is 1. The number of carbonyl (C=O) groups excluding carboxylic acids is 2. The Labute approximate surface area is 161 Å². The molecule has 0 unspecified atom stereocenters. The fraction of sp³-hybridized carbons (Fsp3) is 0.824. The summed E-state index contributed by atoms with van der Waals surface area (Å²) in [6.45, 7) is 1.34. The molecule has 1 atom stereocenters. The van der Waals surface area contributed by atoms with E-state index in [1.807, 2.05) is 0 Å². The van der Waals surface area contributed by atoms with Gasteiger partial charge in [-0.25, -0.2) is 4.79 Å². The van der Waals surface area contributed by atoms with Gasteiger partial charge < -0.3 is 20.7 Å². The molecule has 1 aliphatic heterocycles. The lowest BCUT2D eigenvalue weighted by Gasteiger charge is -2.38. The van der Waals surface area contributed by atoms with Crippen molar-refractivity contribution in [2.24, 2.45) is 23.3 Å². The maximum atomic E-state index is 12.7. The second kappa shape index (κ2) is 8.97. The second-order valence-electron chi connectivity index (χ2n) is 7.54. The van der Waals surface area contributed by atoms with Gasteiger partial charge in [0, 0.05) is 25.6 Å². The summed E-state index contributed by atoms with van der Waals surface area (Å²) in [5.41, 5.74) is 9.08. The number of halogens is 3. The van der Waals surface area contributed by atoms with Crippen molar-refractivity contribution in [1.29, 1.82) is 5.41 Å². The summed E-state index contributed by atoms with van der Waals surface area (Å²) in [4.78, 5) is 25.8. The van der Waals surface area contributed by atoms with E-state index in [0.717, 1.165) is 6.42 Å². The van der Waals surface area contributed by atoms with Crippen molar-refractivity contribution >= 4 is 17.8 Å². The number of nitrogens with zero attached hydrogens (tertiary/aromatic N) is 1. The molecule has 0 radical (unpaired) electrons. The van der Waals surface area contributed by atoms with E-state index in [4.69, 9.17) is 16.9 Å². The maximum absolute atomic E-state index is 12.7. The number of guanidine groups is 1. The highest BCUT2D eigenvalue weighted by atomic mass is 19.4. The third-order valence-corrected chi connectivity index (χ3v) is 5.57. The summed E-state index contributed by atoms with van der Waals surface area (Å²) in [6, 6.07) is 0. The highest BCUT2D eigenvalue weighted by Crippen LogP contribution is 2.34. The van der Waals surface area contributed by atoms with Gasteiger partial charge in [0.2, 0.25) is 5.72 Å². The highest BCUT2D eigenvalue weighted by Gasteiger charge is 2.52. The van der Waals surface area contributed by atoms with E-state index >= 15 is 0 Å². The standard InChI is InChI=1S/C17H28F3N5O3/c18-17(19,20)14(27)28-16(23,12-4-2-1-3-5-12)13(26)24-10-11-6-8-25(9-7-11)15(21)22/h11-12H,1-10,23H2,(H3,21,22)(H,24,26)/t16-/m0/s1. The van der Waals surface area contributed by atoms with Crippen LogP contribution in [0.2, 0.25) is 0 Å². The van der Waals surface area contributed by atoms with Gasteiger partial charge in [0.1, 0.15) is 0 Å². The van der Waals surface area contributed by atoms with Crippen molar-refractivity contribution in [3.63, 3.8) is 0 Å².